The van der Waals surface area contributed by atoms with Gasteiger partial charge in [-0.05, 0) is 108 Å². The Kier molecular flexibility index (Phi) is 9.64. The maximum absolute atomic E-state index is 14.4. The number of anilines is 1. The molecule has 0 bridgehead atoms. The Bertz CT molecular complexity index is 1630. The third-order valence-electron chi connectivity index (χ3n) is 11.2. The molecule has 0 unspecified atom stereocenters. The van der Waals surface area contributed by atoms with Crippen LogP contribution in [0.5, 0.6) is 5.75 Å². The fourth-order valence-corrected chi connectivity index (χ4v) is 7.75. The number of aliphatic hydroxyl groups is 1. The van der Waals surface area contributed by atoms with Crippen molar-refractivity contribution in [2.45, 2.75) is 108 Å². The van der Waals surface area contributed by atoms with E-state index < -0.39 is 5.60 Å². The zero-order chi connectivity index (χ0) is 34.1. The normalized spacial score (nSPS) is 24.9. The third-order valence-corrected chi connectivity index (χ3v) is 11.2. The van der Waals surface area contributed by atoms with Crippen molar-refractivity contribution in [3.63, 3.8) is 0 Å². The summed E-state index contributed by atoms with van der Waals surface area (Å²) in [5.74, 6) is 3.29. The van der Waals surface area contributed by atoms with E-state index in [4.69, 9.17) is 28.8 Å². The molecule has 4 heterocycles. The number of β-amino-alcohol motifs (C(OH)–C–C–N with tert-alkyl or cyclic N) is 1. The fraction of sp³-hybridized carbons (Fsp3) is 0.605. The molecule has 0 atom stereocenters. The Balaban J connectivity index is 1.03. The largest absolute Gasteiger partial charge is 0.495 e. The Morgan fingerprint density at radius 1 is 1.00 bits per heavy atom. The number of methoxy groups -OCH3 is 1. The number of carbonyl (C=O) groups excluding carboxylic acids is 2. The van der Waals surface area contributed by atoms with E-state index in [9.17, 15) is 14.7 Å². The van der Waals surface area contributed by atoms with Gasteiger partial charge in [-0.3, -0.25) is 14.7 Å². The number of pyridine rings is 2. The first kappa shape index (κ1) is 33.5. The molecule has 0 aromatic carbocycles. The second kappa shape index (κ2) is 14.1. The summed E-state index contributed by atoms with van der Waals surface area (Å²) in [5.41, 5.74) is 2.89. The van der Waals surface area contributed by atoms with Gasteiger partial charge < -0.3 is 23.9 Å². The van der Waals surface area contributed by atoms with Crippen LogP contribution in [0.15, 0.2) is 41.1 Å². The summed E-state index contributed by atoms with van der Waals surface area (Å²) in [5, 5.41) is 10.3. The Labute approximate surface area is 288 Å². The van der Waals surface area contributed by atoms with Gasteiger partial charge in [-0.15, -0.1) is 0 Å². The second-order valence-electron chi connectivity index (χ2n) is 14.7. The van der Waals surface area contributed by atoms with Gasteiger partial charge in [0.1, 0.15) is 29.6 Å². The second-order valence-corrected chi connectivity index (χ2v) is 14.7. The maximum Gasteiger partial charge on any atom is 0.410 e. The molecule has 3 aromatic heterocycles. The van der Waals surface area contributed by atoms with Crippen molar-refractivity contribution < 1.29 is 28.6 Å². The van der Waals surface area contributed by atoms with Crippen LogP contribution in [0.4, 0.5) is 10.6 Å². The molecule has 7 rings (SSSR count). The summed E-state index contributed by atoms with van der Waals surface area (Å²) >= 11 is 0. The first-order valence-corrected chi connectivity index (χ1v) is 18.1. The minimum atomic E-state index is -0.796. The van der Waals surface area contributed by atoms with E-state index in [1.807, 2.05) is 36.9 Å². The first-order valence-electron chi connectivity index (χ1n) is 18.1. The Morgan fingerprint density at radius 3 is 2.41 bits per heavy atom. The Hall–Kier alpha value is -3.99. The van der Waals surface area contributed by atoms with E-state index in [2.05, 4.69) is 6.07 Å². The summed E-state index contributed by atoms with van der Waals surface area (Å²) in [6.07, 6.45) is 12.3. The zero-order valence-corrected chi connectivity index (χ0v) is 29.0. The van der Waals surface area contributed by atoms with Gasteiger partial charge in [-0.1, -0.05) is 6.92 Å². The van der Waals surface area contributed by atoms with Crippen LogP contribution in [-0.2, 0) is 9.53 Å². The molecule has 11 heteroatoms. The van der Waals surface area contributed by atoms with Crippen LogP contribution < -0.4 is 9.64 Å². The van der Waals surface area contributed by atoms with Crippen molar-refractivity contribution >= 4 is 17.8 Å². The van der Waals surface area contributed by atoms with E-state index in [0.717, 1.165) is 72.8 Å². The summed E-state index contributed by atoms with van der Waals surface area (Å²) in [7, 11) is 1.67. The van der Waals surface area contributed by atoms with Gasteiger partial charge >= 0.3 is 6.09 Å². The molecule has 0 radical (unpaired) electrons. The van der Waals surface area contributed by atoms with Gasteiger partial charge in [0.05, 0.1) is 31.5 Å². The van der Waals surface area contributed by atoms with Crippen LogP contribution in [0.2, 0.25) is 0 Å². The van der Waals surface area contributed by atoms with E-state index in [1.165, 1.54) is 0 Å². The number of rotatable bonds is 10. The monoisotopic (exact) mass is 671 g/mol. The molecule has 3 aromatic rings. The number of hydrogen-bond acceptors (Lipinski definition) is 9. The van der Waals surface area contributed by atoms with Crippen LogP contribution in [0.3, 0.4) is 0 Å². The summed E-state index contributed by atoms with van der Waals surface area (Å²) < 4.78 is 17.0. The first-order chi connectivity index (χ1) is 23.7. The molecule has 3 aliphatic carbocycles. The lowest BCUT2D eigenvalue weighted by Crippen LogP contribution is -2.63. The van der Waals surface area contributed by atoms with Gasteiger partial charge in [0, 0.05) is 41.8 Å². The molecule has 4 aliphatic rings. The highest BCUT2D eigenvalue weighted by atomic mass is 16.6. The van der Waals surface area contributed by atoms with Crippen LogP contribution in [0.1, 0.15) is 107 Å². The molecule has 0 spiro atoms. The fourth-order valence-electron chi connectivity index (χ4n) is 7.75. The van der Waals surface area contributed by atoms with Crippen LogP contribution in [0.25, 0.3) is 11.3 Å². The lowest BCUT2D eigenvalue weighted by molar-refractivity contribution is -0.124. The number of amides is 2. The lowest BCUT2D eigenvalue weighted by Gasteiger charge is -2.45. The molecule has 1 N–H and O–H groups in total. The molecule has 1 aliphatic heterocycles. The number of aromatic nitrogens is 3. The minimum absolute atomic E-state index is 0.0820. The average Bonchev–Trinajstić information content (AvgIpc) is 3.85. The van der Waals surface area contributed by atoms with Gasteiger partial charge in [-0.25, -0.2) is 14.8 Å². The quantitative estimate of drug-likeness (QED) is 0.248. The molecule has 11 nitrogen and oxygen atoms in total. The van der Waals surface area contributed by atoms with Crippen LogP contribution in [-0.4, -0.2) is 75.4 Å². The minimum Gasteiger partial charge on any atom is -0.495 e. The molecular weight excluding hydrogens is 622 g/mol. The molecule has 1 saturated heterocycles. The topological polar surface area (TPSA) is 131 Å². The Morgan fingerprint density at radius 2 is 1.73 bits per heavy atom. The summed E-state index contributed by atoms with van der Waals surface area (Å²) in [6.45, 7) is 5.13. The van der Waals surface area contributed by atoms with Crippen LogP contribution >= 0.6 is 0 Å². The number of oxazole rings is 1. The van der Waals surface area contributed by atoms with E-state index >= 15 is 0 Å². The van der Waals surface area contributed by atoms with E-state index in [-0.39, 0.29) is 24.0 Å². The van der Waals surface area contributed by atoms with Crippen molar-refractivity contribution in [3.05, 3.63) is 54.0 Å². The molecule has 49 heavy (non-hydrogen) atoms. The summed E-state index contributed by atoms with van der Waals surface area (Å²) in [6, 6.07) is 8.00. The molecular formula is C38H49N5O6. The average molecular weight is 672 g/mol. The highest BCUT2D eigenvalue weighted by Gasteiger charge is 2.44. The highest BCUT2D eigenvalue weighted by Crippen LogP contribution is 2.41. The van der Waals surface area contributed by atoms with Crippen molar-refractivity contribution in [1.29, 1.82) is 0 Å². The van der Waals surface area contributed by atoms with Gasteiger partial charge in [0.15, 0.2) is 5.89 Å². The number of carbonyl (C=O) groups is 2. The third kappa shape index (κ3) is 7.46. The summed E-state index contributed by atoms with van der Waals surface area (Å²) in [4.78, 5) is 44.8. The zero-order valence-electron chi connectivity index (χ0n) is 29.0. The van der Waals surface area contributed by atoms with Gasteiger partial charge in [0.25, 0.3) is 0 Å². The highest BCUT2D eigenvalue weighted by molar-refractivity contribution is 5.94. The lowest BCUT2D eigenvalue weighted by atomic mass is 9.79. The molecule has 262 valence electrons. The van der Waals surface area contributed by atoms with E-state index in [0.29, 0.717) is 75.3 Å². The number of ether oxygens (including phenoxy) is 2. The van der Waals surface area contributed by atoms with Crippen molar-refractivity contribution in [2.24, 2.45) is 11.8 Å². The standard InChI is InChI=1S/C38H49N5O6/c1-4-38(46)22-42(23-38)37(45)49-30-13-11-28(12-14-30)36(44)43(34-19-29(17-18-39-34)32-21-48-35(41-32)27-9-10-27)20-25-5-7-26(8-6-25)31-15-16-33(47-3)24(2)40-31/h15-19,21,25-28,30,46H,4-14,20,22-23H2,1-3H3. The predicted octanol–water partition coefficient (Wildman–Crippen LogP) is 6.79. The molecule has 2 amide bonds. The number of aryl methyl sites for hydroxylation is 1. The predicted molar refractivity (Wildman–Crippen MR) is 183 cm³/mol. The van der Waals surface area contributed by atoms with E-state index in [1.54, 1.807) is 24.5 Å². The number of nitrogens with zero attached hydrogens (tertiary/aromatic N) is 5. The smallest absolute Gasteiger partial charge is 0.410 e. The number of hydrogen-bond donors (Lipinski definition) is 1. The van der Waals surface area contributed by atoms with Crippen molar-refractivity contribution in [1.82, 2.24) is 19.9 Å². The maximum atomic E-state index is 14.4. The van der Waals surface area contributed by atoms with Crippen molar-refractivity contribution in [3.8, 4) is 17.0 Å². The molecule has 3 saturated carbocycles. The molecule has 4 fully saturated rings. The van der Waals surface area contributed by atoms with Gasteiger partial charge in [0.2, 0.25) is 5.91 Å². The van der Waals surface area contributed by atoms with Crippen molar-refractivity contribution in [2.75, 3.05) is 31.6 Å². The SMILES string of the molecule is CCC1(O)CN(C(=O)OC2CCC(C(=O)N(CC3CCC(c4ccc(OC)c(C)n4)CC3)c3cc(-c4coc(C5CC5)n4)ccn3)CC2)C1. The van der Waals surface area contributed by atoms with Gasteiger partial charge in [-0.2, -0.15) is 0 Å². The number of likely N-dealkylation sites (tertiary alicyclic amines) is 1. The van der Waals surface area contributed by atoms with Crippen LogP contribution in [0, 0.1) is 18.8 Å².